The molecule has 2 aromatic carbocycles. The summed E-state index contributed by atoms with van der Waals surface area (Å²) in [4.78, 5) is 39.4. The fourth-order valence-electron chi connectivity index (χ4n) is 3.63. The number of hydrogen-bond donors (Lipinski definition) is 1. The van der Waals surface area contributed by atoms with Crippen LogP contribution in [-0.4, -0.2) is 31.1 Å². The molecule has 1 fully saturated rings. The van der Waals surface area contributed by atoms with E-state index >= 15 is 0 Å². The number of amides is 4. The Hall–Kier alpha value is -3.87. The molecule has 1 N–H and O–H groups in total. The standard InChI is InChI=1S/C27H30N2O5/c1-6-9-20-14-19(16-23(33-8-3)24(20)34-12-7-2)15-22-25(30)28-27(32)29(26(22)31)21-11-10-17(4)18(5)13-21/h6,10-11,13-16H,1,7-9,12H2,2-5H3,(H,28,30,32)/b22-15+. The summed E-state index contributed by atoms with van der Waals surface area (Å²) in [5.74, 6) is -0.291. The molecule has 178 valence electrons. The van der Waals surface area contributed by atoms with Crippen LogP contribution in [0.4, 0.5) is 10.5 Å². The number of anilines is 1. The molecular formula is C27H30N2O5. The Bertz CT molecular complexity index is 1170. The molecule has 0 spiro atoms. The molecule has 0 atom stereocenters. The molecule has 7 nitrogen and oxygen atoms in total. The van der Waals surface area contributed by atoms with E-state index in [4.69, 9.17) is 9.47 Å². The molecule has 0 bridgehead atoms. The van der Waals surface area contributed by atoms with Crippen molar-refractivity contribution in [2.45, 2.75) is 40.5 Å². The second kappa shape index (κ2) is 10.8. The molecule has 2 aromatic rings. The monoisotopic (exact) mass is 462 g/mol. The molecule has 0 radical (unpaired) electrons. The maximum Gasteiger partial charge on any atom is 0.335 e. The van der Waals surface area contributed by atoms with Crippen LogP contribution in [-0.2, 0) is 16.0 Å². The topological polar surface area (TPSA) is 84.9 Å². The number of carbonyl (C=O) groups excluding carboxylic acids is 3. The van der Waals surface area contributed by atoms with E-state index in [1.54, 1.807) is 24.3 Å². The van der Waals surface area contributed by atoms with Crippen molar-refractivity contribution in [1.82, 2.24) is 5.32 Å². The minimum atomic E-state index is -0.777. The summed E-state index contributed by atoms with van der Waals surface area (Å²) in [5, 5.41) is 2.27. The molecule has 34 heavy (non-hydrogen) atoms. The summed E-state index contributed by atoms with van der Waals surface area (Å²) in [6.45, 7) is 12.5. The van der Waals surface area contributed by atoms with Crippen LogP contribution in [0.15, 0.2) is 48.6 Å². The minimum Gasteiger partial charge on any atom is -0.490 e. The predicted octanol–water partition coefficient (Wildman–Crippen LogP) is 4.89. The highest BCUT2D eigenvalue weighted by atomic mass is 16.5. The van der Waals surface area contributed by atoms with Gasteiger partial charge >= 0.3 is 6.03 Å². The molecular weight excluding hydrogens is 432 g/mol. The van der Waals surface area contributed by atoms with Crippen molar-refractivity contribution in [2.24, 2.45) is 0 Å². The lowest BCUT2D eigenvalue weighted by molar-refractivity contribution is -0.122. The van der Waals surface area contributed by atoms with Crippen LogP contribution in [0.1, 0.15) is 42.5 Å². The lowest BCUT2D eigenvalue weighted by atomic mass is 10.0. The zero-order chi connectivity index (χ0) is 24.8. The van der Waals surface area contributed by atoms with Gasteiger partial charge in [0.25, 0.3) is 11.8 Å². The van der Waals surface area contributed by atoms with Gasteiger partial charge in [-0.25, -0.2) is 9.69 Å². The molecule has 4 amide bonds. The van der Waals surface area contributed by atoms with Gasteiger partial charge in [-0.05, 0) is 80.6 Å². The summed E-state index contributed by atoms with van der Waals surface area (Å²) in [5.41, 5.74) is 3.62. The molecule has 1 aliphatic heterocycles. The van der Waals surface area contributed by atoms with E-state index in [-0.39, 0.29) is 5.57 Å². The zero-order valence-electron chi connectivity index (χ0n) is 20.1. The number of carbonyl (C=O) groups is 3. The third kappa shape index (κ3) is 5.20. The molecule has 0 saturated carbocycles. The second-order valence-corrected chi connectivity index (χ2v) is 8.01. The number of hydrogen-bond acceptors (Lipinski definition) is 5. The highest BCUT2D eigenvalue weighted by Gasteiger charge is 2.37. The summed E-state index contributed by atoms with van der Waals surface area (Å²) >= 11 is 0. The van der Waals surface area contributed by atoms with Crippen molar-refractivity contribution in [1.29, 1.82) is 0 Å². The second-order valence-electron chi connectivity index (χ2n) is 8.01. The average molecular weight is 463 g/mol. The largest absolute Gasteiger partial charge is 0.490 e. The molecule has 1 aliphatic rings. The number of barbiturate groups is 1. The van der Waals surface area contributed by atoms with Gasteiger partial charge in [0.15, 0.2) is 11.5 Å². The highest BCUT2D eigenvalue weighted by Crippen LogP contribution is 2.35. The van der Waals surface area contributed by atoms with Gasteiger partial charge in [-0.2, -0.15) is 0 Å². The van der Waals surface area contributed by atoms with E-state index in [0.717, 1.165) is 28.0 Å². The van der Waals surface area contributed by atoms with Crippen LogP contribution in [0.3, 0.4) is 0 Å². The Morgan fingerprint density at radius 2 is 1.79 bits per heavy atom. The lowest BCUT2D eigenvalue weighted by Crippen LogP contribution is -2.54. The lowest BCUT2D eigenvalue weighted by Gasteiger charge is -2.27. The van der Waals surface area contributed by atoms with Gasteiger partial charge in [-0.1, -0.05) is 19.1 Å². The number of aryl methyl sites for hydroxylation is 2. The van der Waals surface area contributed by atoms with Gasteiger partial charge in [0.1, 0.15) is 5.57 Å². The number of allylic oxidation sites excluding steroid dienone is 1. The maximum absolute atomic E-state index is 13.3. The van der Waals surface area contributed by atoms with Crippen molar-refractivity contribution in [3.63, 3.8) is 0 Å². The van der Waals surface area contributed by atoms with Gasteiger partial charge in [0.2, 0.25) is 0 Å². The van der Waals surface area contributed by atoms with E-state index in [2.05, 4.69) is 11.9 Å². The first-order valence-electron chi connectivity index (χ1n) is 11.3. The number of nitrogens with one attached hydrogen (secondary N) is 1. The van der Waals surface area contributed by atoms with Crippen molar-refractivity contribution < 1.29 is 23.9 Å². The smallest absolute Gasteiger partial charge is 0.335 e. The van der Waals surface area contributed by atoms with E-state index < -0.39 is 17.8 Å². The third-order valence-corrected chi connectivity index (χ3v) is 5.43. The molecule has 0 unspecified atom stereocenters. The normalized spacial score (nSPS) is 14.9. The first-order chi connectivity index (χ1) is 16.3. The van der Waals surface area contributed by atoms with Gasteiger partial charge in [-0.3, -0.25) is 14.9 Å². The van der Waals surface area contributed by atoms with E-state index in [0.29, 0.717) is 42.4 Å². The third-order valence-electron chi connectivity index (χ3n) is 5.43. The minimum absolute atomic E-state index is 0.146. The van der Waals surface area contributed by atoms with Crippen LogP contribution >= 0.6 is 0 Å². The summed E-state index contributed by atoms with van der Waals surface area (Å²) < 4.78 is 11.7. The molecule has 1 saturated heterocycles. The number of nitrogens with zero attached hydrogens (tertiary/aromatic N) is 1. The Balaban J connectivity index is 2.07. The SMILES string of the molecule is C=CCc1cc(/C=C2\C(=O)NC(=O)N(c3ccc(C)c(C)c3)C2=O)cc(OCC)c1OCCC. The number of rotatable bonds is 9. The van der Waals surface area contributed by atoms with Crippen molar-refractivity contribution in [2.75, 3.05) is 18.1 Å². The molecule has 1 heterocycles. The first-order valence-corrected chi connectivity index (χ1v) is 11.3. The van der Waals surface area contributed by atoms with Crippen LogP contribution in [0.2, 0.25) is 0 Å². The summed E-state index contributed by atoms with van der Waals surface area (Å²) in [7, 11) is 0. The van der Waals surface area contributed by atoms with Crippen LogP contribution < -0.4 is 19.7 Å². The zero-order valence-corrected chi connectivity index (χ0v) is 20.1. The fourth-order valence-corrected chi connectivity index (χ4v) is 3.63. The fraction of sp³-hybridized carbons (Fsp3) is 0.296. The Morgan fingerprint density at radius 3 is 2.44 bits per heavy atom. The van der Waals surface area contributed by atoms with Crippen LogP contribution in [0.5, 0.6) is 11.5 Å². The maximum atomic E-state index is 13.3. The van der Waals surface area contributed by atoms with Crippen molar-refractivity contribution >= 4 is 29.6 Å². The number of ether oxygens (including phenoxy) is 2. The van der Waals surface area contributed by atoms with E-state index in [1.807, 2.05) is 39.8 Å². The number of imide groups is 2. The summed E-state index contributed by atoms with van der Waals surface area (Å²) in [6.07, 6.45) is 4.57. The quantitative estimate of drug-likeness (QED) is 0.326. The van der Waals surface area contributed by atoms with Crippen LogP contribution in [0, 0.1) is 13.8 Å². The van der Waals surface area contributed by atoms with Crippen molar-refractivity contribution in [3.8, 4) is 11.5 Å². The molecule has 7 heteroatoms. The predicted molar refractivity (Wildman–Crippen MR) is 132 cm³/mol. The van der Waals surface area contributed by atoms with Crippen molar-refractivity contribution in [3.05, 3.63) is 70.8 Å². The van der Waals surface area contributed by atoms with E-state index in [1.165, 1.54) is 6.08 Å². The average Bonchev–Trinajstić information content (AvgIpc) is 2.79. The van der Waals surface area contributed by atoms with Crippen LogP contribution in [0.25, 0.3) is 6.08 Å². The molecule has 0 aliphatic carbocycles. The Labute approximate surface area is 200 Å². The van der Waals surface area contributed by atoms with E-state index in [9.17, 15) is 14.4 Å². The van der Waals surface area contributed by atoms with Gasteiger partial charge in [-0.15, -0.1) is 6.58 Å². The summed E-state index contributed by atoms with van der Waals surface area (Å²) in [6, 6.07) is 8.04. The Kier molecular flexibility index (Phi) is 7.89. The molecule has 0 aromatic heterocycles. The van der Waals surface area contributed by atoms with Gasteiger partial charge in [0, 0.05) is 5.56 Å². The Morgan fingerprint density at radius 1 is 1.03 bits per heavy atom. The first kappa shape index (κ1) is 24.8. The number of urea groups is 1. The molecule has 3 rings (SSSR count). The van der Waals surface area contributed by atoms with Gasteiger partial charge in [0.05, 0.1) is 18.9 Å². The van der Waals surface area contributed by atoms with Gasteiger partial charge < -0.3 is 9.47 Å². The highest BCUT2D eigenvalue weighted by molar-refractivity contribution is 6.39. The number of benzene rings is 2.